The highest BCUT2D eigenvalue weighted by atomic mass is 32.1. The first kappa shape index (κ1) is 29.1. The highest BCUT2D eigenvalue weighted by molar-refractivity contribution is 7.15. The summed E-state index contributed by atoms with van der Waals surface area (Å²) >= 11 is 1.50. The number of aromatic nitrogens is 1. The van der Waals surface area contributed by atoms with Crippen molar-refractivity contribution in [2.45, 2.75) is 63.6 Å². The van der Waals surface area contributed by atoms with E-state index in [-0.39, 0.29) is 29.7 Å². The first-order valence-electron chi connectivity index (χ1n) is 15.2. The third kappa shape index (κ3) is 7.14. The molecule has 6 rings (SSSR count). The van der Waals surface area contributed by atoms with E-state index in [1.807, 2.05) is 73.7 Å². The second kappa shape index (κ2) is 13.5. The molecular weight excluding hydrogens is 556 g/mol. The Balaban J connectivity index is 1.04. The number of amides is 2. The molecule has 3 aromatic carbocycles. The average molecular weight is 595 g/mol. The largest absolute Gasteiger partial charge is 0.489 e. The molecular formula is C35H38N4O3S. The number of carbonyl (C=O) groups excluding carboxylic acids is 2. The van der Waals surface area contributed by atoms with Crippen LogP contribution < -0.4 is 15.4 Å². The summed E-state index contributed by atoms with van der Waals surface area (Å²) in [5.74, 6) is 0.294. The number of fused-ring (bicyclic) bond motifs is 1. The number of nitrogens with one attached hydrogen (secondary N) is 2. The number of carbonyl (C=O) groups is 2. The smallest absolute Gasteiger partial charge is 0.233 e. The van der Waals surface area contributed by atoms with E-state index in [9.17, 15) is 9.59 Å². The Morgan fingerprint density at radius 2 is 1.74 bits per heavy atom. The topological polar surface area (TPSA) is 83.6 Å². The molecule has 8 heteroatoms. The summed E-state index contributed by atoms with van der Waals surface area (Å²) < 4.78 is 6.17. The maximum atomic E-state index is 13.5. The lowest BCUT2D eigenvalue weighted by molar-refractivity contribution is -0.123. The standard InChI is InChI=1S/C35H38N4O3S/c1-24(26-13-6-3-7-14-26)33(40)38-35-37-32-29(16-10-18-31(32)43-35)34(41)36-28-19-20-39(22-28)21-27-15-8-9-17-30(27)42-23-25-11-4-2-5-12-25/h2-9,11-15,17,24,28-29H,10,16,18-23H2,1H3,(H,36,41)(H,37,38,40). The number of aryl methyl sites for hydroxylation is 1. The molecule has 2 amide bonds. The molecule has 2 N–H and O–H groups in total. The van der Waals surface area contributed by atoms with Gasteiger partial charge in [-0.3, -0.25) is 14.5 Å². The first-order valence-corrected chi connectivity index (χ1v) is 16.0. The SMILES string of the molecule is CC(C(=O)Nc1nc2c(s1)CCCC2C(=O)NC1CCN(Cc2ccccc2OCc2ccccc2)C1)c1ccccc1. The van der Waals surface area contributed by atoms with Gasteiger partial charge in [0.1, 0.15) is 12.4 Å². The lowest BCUT2D eigenvalue weighted by Gasteiger charge is -2.23. The number of anilines is 1. The van der Waals surface area contributed by atoms with Gasteiger partial charge in [-0.1, -0.05) is 78.9 Å². The fraction of sp³-hybridized carbons (Fsp3) is 0.343. The van der Waals surface area contributed by atoms with Gasteiger partial charge in [-0.25, -0.2) is 4.98 Å². The summed E-state index contributed by atoms with van der Waals surface area (Å²) in [7, 11) is 0. The van der Waals surface area contributed by atoms with Crippen LogP contribution in [0.25, 0.3) is 0 Å². The molecule has 2 heterocycles. The summed E-state index contributed by atoms with van der Waals surface area (Å²) in [6.07, 6.45) is 3.52. The molecule has 7 nitrogen and oxygen atoms in total. The van der Waals surface area contributed by atoms with Gasteiger partial charge in [0, 0.05) is 36.1 Å². The van der Waals surface area contributed by atoms with Crippen LogP contribution in [0.4, 0.5) is 5.13 Å². The summed E-state index contributed by atoms with van der Waals surface area (Å²) in [6.45, 7) is 4.93. The second-order valence-corrected chi connectivity index (χ2v) is 12.6. The van der Waals surface area contributed by atoms with Crippen molar-refractivity contribution in [2.75, 3.05) is 18.4 Å². The van der Waals surface area contributed by atoms with E-state index >= 15 is 0 Å². The van der Waals surface area contributed by atoms with Crippen LogP contribution in [0.1, 0.15) is 65.3 Å². The lowest BCUT2D eigenvalue weighted by Crippen LogP contribution is -2.40. The lowest BCUT2D eigenvalue weighted by atomic mass is 9.90. The molecule has 222 valence electrons. The van der Waals surface area contributed by atoms with Crippen molar-refractivity contribution in [3.63, 3.8) is 0 Å². The zero-order valence-corrected chi connectivity index (χ0v) is 25.3. The number of benzene rings is 3. The van der Waals surface area contributed by atoms with Crippen molar-refractivity contribution < 1.29 is 14.3 Å². The number of thiazole rings is 1. The van der Waals surface area contributed by atoms with Crippen LogP contribution in [0.2, 0.25) is 0 Å². The Hall–Kier alpha value is -4.01. The van der Waals surface area contributed by atoms with Crippen LogP contribution in [-0.2, 0) is 29.2 Å². The number of likely N-dealkylation sites (tertiary alicyclic amines) is 1. The van der Waals surface area contributed by atoms with Crippen molar-refractivity contribution >= 4 is 28.3 Å². The van der Waals surface area contributed by atoms with Crippen LogP contribution in [-0.4, -0.2) is 40.8 Å². The van der Waals surface area contributed by atoms with Gasteiger partial charge in [0.15, 0.2) is 5.13 Å². The molecule has 0 spiro atoms. The van der Waals surface area contributed by atoms with Crippen LogP contribution in [0.15, 0.2) is 84.9 Å². The Labute approximate surface area is 257 Å². The molecule has 4 aromatic rings. The second-order valence-electron chi connectivity index (χ2n) is 11.5. The minimum atomic E-state index is -0.283. The van der Waals surface area contributed by atoms with Crippen molar-refractivity contribution in [3.8, 4) is 5.75 Å². The molecule has 1 fully saturated rings. The van der Waals surface area contributed by atoms with E-state index < -0.39 is 0 Å². The molecule has 1 saturated heterocycles. The number of para-hydroxylation sites is 1. The van der Waals surface area contributed by atoms with E-state index in [4.69, 9.17) is 9.72 Å². The van der Waals surface area contributed by atoms with E-state index in [0.717, 1.165) is 78.3 Å². The number of rotatable bonds is 10. The third-order valence-corrected chi connectivity index (χ3v) is 9.46. The monoisotopic (exact) mass is 594 g/mol. The number of ether oxygens (including phenoxy) is 1. The van der Waals surface area contributed by atoms with Crippen molar-refractivity contribution in [3.05, 3.63) is 112 Å². The molecule has 0 bridgehead atoms. The Kier molecular flexibility index (Phi) is 9.15. The molecule has 1 aliphatic heterocycles. The quantitative estimate of drug-likeness (QED) is 0.226. The minimum Gasteiger partial charge on any atom is -0.489 e. The van der Waals surface area contributed by atoms with Gasteiger partial charge in [0.25, 0.3) is 0 Å². The number of hydrogen-bond donors (Lipinski definition) is 2. The van der Waals surface area contributed by atoms with E-state index in [1.54, 1.807) is 0 Å². The Morgan fingerprint density at radius 1 is 1.00 bits per heavy atom. The normalized spacial score (nSPS) is 18.9. The number of nitrogens with zero attached hydrogens (tertiary/aromatic N) is 2. The summed E-state index contributed by atoms with van der Waals surface area (Å²) in [5, 5.41) is 6.90. The van der Waals surface area contributed by atoms with Crippen molar-refractivity contribution in [2.24, 2.45) is 0 Å². The third-order valence-electron chi connectivity index (χ3n) is 8.42. The highest BCUT2D eigenvalue weighted by Gasteiger charge is 2.33. The van der Waals surface area contributed by atoms with Gasteiger partial charge in [-0.2, -0.15) is 0 Å². The van der Waals surface area contributed by atoms with E-state index in [2.05, 4.69) is 33.7 Å². The summed E-state index contributed by atoms with van der Waals surface area (Å²) in [6, 6.07) is 28.2. The van der Waals surface area contributed by atoms with Gasteiger partial charge in [-0.05, 0) is 49.8 Å². The van der Waals surface area contributed by atoms with Crippen LogP contribution in [0.3, 0.4) is 0 Å². The molecule has 0 saturated carbocycles. The number of hydrogen-bond acceptors (Lipinski definition) is 6. The van der Waals surface area contributed by atoms with Crippen molar-refractivity contribution in [1.82, 2.24) is 15.2 Å². The van der Waals surface area contributed by atoms with Gasteiger partial charge < -0.3 is 15.4 Å². The fourth-order valence-corrected chi connectivity index (χ4v) is 7.05. The maximum Gasteiger partial charge on any atom is 0.233 e. The highest BCUT2D eigenvalue weighted by Crippen LogP contribution is 2.37. The predicted octanol–water partition coefficient (Wildman–Crippen LogP) is 6.27. The molecule has 1 aliphatic carbocycles. The Bertz CT molecular complexity index is 1540. The summed E-state index contributed by atoms with van der Waals surface area (Å²) in [5.41, 5.74) is 4.09. The predicted molar refractivity (Wildman–Crippen MR) is 170 cm³/mol. The molecule has 43 heavy (non-hydrogen) atoms. The fourth-order valence-electron chi connectivity index (χ4n) is 5.98. The maximum absolute atomic E-state index is 13.5. The average Bonchev–Trinajstić information content (AvgIpc) is 3.67. The Morgan fingerprint density at radius 3 is 2.56 bits per heavy atom. The minimum absolute atomic E-state index is 0.0419. The molecule has 0 radical (unpaired) electrons. The van der Waals surface area contributed by atoms with E-state index in [0.29, 0.717) is 11.7 Å². The van der Waals surface area contributed by atoms with Crippen LogP contribution in [0.5, 0.6) is 5.75 Å². The molecule has 2 aliphatic rings. The zero-order valence-electron chi connectivity index (χ0n) is 24.5. The first-order chi connectivity index (χ1) is 21.0. The van der Waals surface area contributed by atoms with Crippen molar-refractivity contribution in [1.29, 1.82) is 0 Å². The van der Waals surface area contributed by atoms with Gasteiger partial charge >= 0.3 is 0 Å². The van der Waals surface area contributed by atoms with Crippen LogP contribution in [0, 0.1) is 0 Å². The van der Waals surface area contributed by atoms with Gasteiger partial charge in [0.05, 0.1) is 17.5 Å². The van der Waals surface area contributed by atoms with Gasteiger partial charge in [-0.15, -0.1) is 11.3 Å². The molecule has 1 aromatic heterocycles. The molecule has 3 unspecified atom stereocenters. The molecule has 3 atom stereocenters. The van der Waals surface area contributed by atoms with E-state index in [1.165, 1.54) is 11.3 Å². The zero-order chi connectivity index (χ0) is 29.6. The van der Waals surface area contributed by atoms with Gasteiger partial charge in [0.2, 0.25) is 11.8 Å². The van der Waals surface area contributed by atoms with Crippen LogP contribution >= 0.6 is 11.3 Å². The summed E-state index contributed by atoms with van der Waals surface area (Å²) in [4.78, 5) is 34.7.